The van der Waals surface area contributed by atoms with E-state index in [2.05, 4.69) is 15.2 Å². The number of anilines is 2. The first-order valence-electron chi connectivity index (χ1n) is 9.61. The monoisotopic (exact) mass is 411 g/mol. The molecule has 1 aliphatic heterocycles. The maximum absolute atomic E-state index is 12.3. The molecule has 1 aromatic heterocycles. The number of carbonyl (C=O) groups excluding carboxylic acids is 1. The smallest absolute Gasteiger partial charge is 0.224 e. The Labute approximate surface area is 174 Å². The fourth-order valence-electron chi connectivity index (χ4n) is 3.23. The van der Waals surface area contributed by atoms with Crippen LogP contribution in [-0.4, -0.2) is 37.2 Å². The van der Waals surface area contributed by atoms with Crippen molar-refractivity contribution < 1.29 is 13.9 Å². The molecule has 3 aromatic rings. The van der Waals surface area contributed by atoms with Crippen molar-refractivity contribution >= 4 is 28.9 Å². The summed E-state index contributed by atoms with van der Waals surface area (Å²) in [4.78, 5) is 18.8. The highest BCUT2D eigenvalue weighted by atomic mass is 35.5. The molecule has 150 valence electrons. The molecule has 6 nitrogen and oxygen atoms in total. The largest absolute Gasteiger partial charge is 0.441 e. The third-order valence-electron chi connectivity index (χ3n) is 4.79. The number of halogens is 1. The van der Waals surface area contributed by atoms with Gasteiger partial charge in [-0.1, -0.05) is 23.7 Å². The van der Waals surface area contributed by atoms with E-state index in [4.69, 9.17) is 20.8 Å². The van der Waals surface area contributed by atoms with Crippen LogP contribution in [0.2, 0.25) is 5.02 Å². The first-order valence-corrected chi connectivity index (χ1v) is 9.99. The van der Waals surface area contributed by atoms with Crippen molar-refractivity contribution in [3.63, 3.8) is 0 Å². The number of carbonyl (C=O) groups is 1. The average molecular weight is 412 g/mol. The fourth-order valence-corrected chi connectivity index (χ4v) is 3.46. The zero-order valence-corrected chi connectivity index (χ0v) is 16.7. The Kier molecular flexibility index (Phi) is 6.12. The predicted octanol–water partition coefficient (Wildman–Crippen LogP) is 4.40. The van der Waals surface area contributed by atoms with E-state index < -0.39 is 0 Å². The number of benzene rings is 2. The molecular formula is C22H22ClN3O3. The molecule has 4 rings (SSSR count). The highest BCUT2D eigenvalue weighted by Crippen LogP contribution is 2.28. The molecule has 1 aliphatic rings. The Morgan fingerprint density at radius 3 is 2.62 bits per heavy atom. The van der Waals surface area contributed by atoms with Crippen LogP contribution in [0.5, 0.6) is 0 Å². The third-order valence-corrected chi connectivity index (χ3v) is 5.12. The summed E-state index contributed by atoms with van der Waals surface area (Å²) in [5.41, 5.74) is 2.70. The zero-order valence-electron chi connectivity index (χ0n) is 15.9. The van der Waals surface area contributed by atoms with Crippen LogP contribution >= 0.6 is 11.6 Å². The van der Waals surface area contributed by atoms with Crippen molar-refractivity contribution in [2.45, 2.75) is 12.8 Å². The van der Waals surface area contributed by atoms with Gasteiger partial charge in [0.15, 0.2) is 11.7 Å². The van der Waals surface area contributed by atoms with Gasteiger partial charge < -0.3 is 19.4 Å². The van der Waals surface area contributed by atoms with E-state index in [0.717, 1.165) is 43.2 Å². The van der Waals surface area contributed by atoms with Crippen LogP contribution in [0.15, 0.2) is 59.1 Å². The van der Waals surface area contributed by atoms with Gasteiger partial charge in [-0.3, -0.25) is 4.79 Å². The lowest BCUT2D eigenvalue weighted by molar-refractivity contribution is -0.116. The summed E-state index contributed by atoms with van der Waals surface area (Å²) in [6.45, 7) is 3.27. The summed E-state index contributed by atoms with van der Waals surface area (Å²) in [7, 11) is 0. The molecule has 7 heteroatoms. The summed E-state index contributed by atoms with van der Waals surface area (Å²) < 4.78 is 11.1. The van der Waals surface area contributed by atoms with Crippen LogP contribution in [0.4, 0.5) is 11.4 Å². The predicted molar refractivity (Wildman–Crippen MR) is 113 cm³/mol. The number of hydrogen-bond acceptors (Lipinski definition) is 5. The Morgan fingerprint density at radius 2 is 1.86 bits per heavy atom. The van der Waals surface area contributed by atoms with Crippen molar-refractivity contribution in [3.8, 4) is 11.3 Å². The normalized spacial score (nSPS) is 14.0. The van der Waals surface area contributed by atoms with E-state index in [1.54, 1.807) is 12.3 Å². The minimum absolute atomic E-state index is 0.0818. The number of amides is 1. The summed E-state index contributed by atoms with van der Waals surface area (Å²) in [6, 6.07) is 15.3. The molecule has 1 fully saturated rings. The van der Waals surface area contributed by atoms with Gasteiger partial charge in [0.05, 0.1) is 24.4 Å². The Hall–Kier alpha value is -2.83. The van der Waals surface area contributed by atoms with Gasteiger partial charge >= 0.3 is 0 Å². The number of hydrogen-bond donors (Lipinski definition) is 1. The van der Waals surface area contributed by atoms with Crippen molar-refractivity contribution in [2.75, 3.05) is 36.5 Å². The molecule has 2 aromatic carbocycles. The lowest BCUT2D eigenvalue weighted by atomic mass is 10.2. The number of ether oxygens (including phenoxy) is 1. The van der Waals surface area contributed by atoms with Gasteiger partial charge in [0.1, 0.15) is 0 Å². The number of oxazole rings is 1. The quantitative estimate of drug-likeness (QED) is 0.651. The molecule has 0 bridgehead atoms. The van der Waals surface area contributed by atoms with Crippen molar-refractivity contribution in [1.82, 2.24) is 4.98 Å². The first-order chi connectivity index (χ1) is 14.2. The number of nitrogens with one attached hydrogen (secondary N) is 1. The van der Waals surface area contributed by atoms with Crippen LogP contribution in [0.25, 0.3) is 11.3 Å². The van der Waals surface area contributed by atoms with E-state index in [0.29, 0.717) is 23.1 Å². The van der Waals surface area contributed by atoms with E-state index in [1.807, 2.05) is 42.5 Å². The number of aryl methyl sites for hydroxylation is 1. The minimum Gasteiger partial charge on any atom is -0.441 e. The maximum Gasteiger partial charge on any atom is 0.224 e. The number of rotatable bonds is 6. The van der Waals surface area contributed by atoms with E-state index in [9.17, 15) is 4.79 Å². The Morgan fingerprint density at radius 1 is 1.10 bits per heavy atom. The highest BCUT2D eigenvalue weighted by molar-refractivity contribution is 6.33. The van der Waals surface area contributed by atoms with Crippen LogP contribution < -0.4 is 10.2 Å². The van der Waals surface area contributed by atoms with Gasteiger partial charge in [0.25, 0.3) is 0 Å². The molecule has 0 atom stereocenters. The maximum atomic E-state index is 12.3. The van der Waals surface area contributed by atoms with Crippen LogP contribution in [0.1, 0.15) is 12.3 Å². The van der Waals surface area contributed by atoms with Gasteiger partial charge in [-0.2, -0.15) is 0 Å². The first kappa shape index (κ1) is 19.5. The average Bonchev–Trinajstić information content (AvgIpc) is 3.23. The molecule has 0 spiro atoms. The molecular weight excluding hydrogens is 390 g/mol. The van der Waals surface area contributed by atoms with Crippen LogP contribution in [0, 0.1) is 0 Å². The summed E-state index contributed by atoms with van der Waals surface area (Å²) in [5, 5.41) is 3.52. The van der Waals surface area contributed by atoms with Crippen LogP contribution in [0.3, 0.4) is 0 Å². The highest BCUT2D eigenvalue weighted by Gasteiger charge is 2.13. The molecule has 29 heavy (non-hydrogen) atoms. The number of nitrogens with zero attached hydrogens (tertiary/aromatic N) is 2. The van der Waals surface area contributed by atoms with Crippen molar-refractivity contribution in [1.29, 1.82) is 0 Å². The van der Waals surface area contributed by atoms with Crippen molar-refractivity contribution in [2.24, 2.45) is 0 Å². The summed E-state index contributed by atoms with van der Waals surface area (Å²) >= 11 is 6.19. The zero-order chi connectivity index (χ0) is 20.1. The Bertz CT molecular complexity index is 965. The molecule has 0 radical (unpaired) electrons. The molecule has 0 aliphatic carbocycles. The van der Waals surface area contributed by atoms with Gasteiger partial charge in [-0.15, -0.1) is 0 Å². The summed E-state index contributed by atoms with van der Waals surface area (Å²) in [5.74, 6) is 1.03. The summed E-state index contributed by atoms with van der Waals surface area (Å²) in [6.07, 6.45) is 2.34. The molecule has 0 saturated carbocycles. The molecule has 1 amide bonds. The fraction of sp³-hybridized carbons (Fsp3) is 0.273. The Balaban J connectivity index is 1.30. The van der Waals surface area contributed by atoms with E-state index in [-0.39, 0.29) is 12.3 Å². The minimum atomic E-state index is -0.0818. The second-order valence-electron chi connectivity index (χ2n) is 6.79. The molecule has 1 saturated heterocycles. The van der Waals surface area contributed by atoms with Gasteiger partial charge in [0, 0.05) is 42.9 Å². The topological polar surface area (TPSA) is 67.6 Å². The molecule has 0 unspecified atom stereocenters. The molecule has 1 N–H and O–H groups in total. The van der Waals surface area contributed by atoms with E-state index in [1.165, 1.54) is 0 Å². The second-order valence-corrected chi connectivity index (χ2v) is 7.20. The lowest BCUT2D eigenvalue weighted by Crippen LogP contribution is -2.36. The lowest BCUT2D eigenvalue weighted by Gasteiger charge is -2.28. The van der Waals surface area contributed by atoms with Crippen LogP contribution in [-0.2, 0) is 16.0 Å². The molecule has 2 heterocycles. The number of aromatic nitrogens is 1. The van der Waals surface area contributed by atoms with Crippen molar-refractivity contribution in [3.05, 3.63) is 65.6 Å². The second kappa shape index (κ2) is 9.11. The SMILES string of the molecule is O=C(CCc1ncc(-c2ccccc2Cl)o1)Nc1ccc(N2CCOCC2)cc1. The standard InChI is InChI=1S/C22H22ClN3O3/c23-19-4-2-1-3-18(19)20-15-24-22(29-20)10-9-21(27)25-16-5-7-17(8-6-16)26-11-13-28-14-12-26/h1-8,15H,9-14H2,(H,25,27). The van der Waals surface area contributed by atoms with Gasteiger partial charge in [0.2, 0.25) is 5.91 Å². The third kappa shape index (κ3) is 4.96. The number of morpholine rings is 1. The van der Waals surface area contributed by atoms with E-state index >= 15 is 0 Å². The van der Waals surface area contributed by atoms with Gasteiger partial charge in [-0.05, 0) is 36.4 Å². The van der Waals surface area contributed by atoms with Gasteiger partial charge in [-0.25, -0.2) is 4.98 Å².